The molecular weight excluding hydrogens is 288 g/mol. The largest absolute Gasteiger partial charge is 0.438 e. The summed E-state index contributed by atoms with van der Waals surface area (Å²) in [4.78, 5) is 20.2. The molecule has 0 fully saturated rings. The zero-order valence-electron chi connectivity index (χ0n) is 11.2. The van der Waals surface area contributed by atoms with Crippen LogP contribution in [0.15, 0.2) is 40.5 Å². The van der Waals surface area contributed by atoms with Crippen LogP contribution in [0.3, 0.4) is 0 Å². The van der Waals surface area contributed by atoms with Crippen molar-refractivity contribution in [2.45, 2.75) is 6.92 Å². The summed E-state index contributed by atoms with van der Waals surface area (Å²) in [5, 5.41) is 5.07. The number of nitrogen functional groups attached to an aromatic ring is 1. The Kier molecular flexibility index (Phi) is 3.41. The zero-order valence-corrected chi connectivity index (χ0v) is 12.0. The van der Waals surface area contributed by atoms with Crippen molar-refractivity contribution in [3.05, 3.63) is 47.5 Å². The number of rotatable bonds is 3. The van der Waals surface area contributed by atoms with Crippen molar-refractivity contribution in [1.82, 2.24) is 9.97 Å². The Morgan fingerprint density at radius 1 is 1.33 bits per heavy atom. The number of oxazole rings is 1. The average molecular weight is 300 g/mol. The Labute approximate surface area is 124 Å². The molecule has 0 atom stereocenters. The van der Waals surface area contributed by atoms with E-state index >= 15 is 0 Å². The fraction of sp³-hybridized carbons (Fsp3) is 0.0714. The highest BCUT2D eigenvalue weighted by Crippen LogP contribution is 2.26. The zero-order chi connectivity index (χ0) is 14.8. The lowest BCUT2D eigenvalue weighted by Gasteiger charge is -1.99. The number of nitrogens with zero attached hydrogens (tertiary/aromatic N) is 2. The van der Waals surface area contributed by atoms with E-state index in [1.807, 2.05) is 29.6 Å². The Bertz CT molecular complexity index is 776. The molecule has 21 heavy (non-hydrogen) atoms. The van der Waals surface area contributed by atoms with Crippen molar-refractivity contribution < 1.29 is 9.21 Å². The van der Waals surface area contributed by atoms with E-state index in [1.54, 1.807) is 6.92 Å². The molecule has 6 nitrogen and oxygen atoms in total. The van der Waals surface area contributed by atoms with Crippen LogP contribution >= 0.6 is 11.3 Å². The number of anilines is 2. The second-order valence-electron chi connectivity index (χ2n) is 4.38. The molecule has 7 heteroatoms. The third-order valence-electron chi connectivity index (χ3n) is 2.88. The first-order chi connectivity index (χ1) is 10.1. The van der Waals surface area contributed by atoms with Gasteiger partial charge < -0.3 is 10.2 Å². The minimum absolute atomic E-state index is 0.194. The summed E-state index contributed by atoms with van der Waals surface area (Å²) < 4.78 is 5.04. The second kappa shape index (κ2) is 5.37. The quantitative estimate of drug-likeness (QED) is 0.725. The van der Waals surface area contributed by atoms with Gasteiger partial charge in [-0.15, -0.1) is 11.3 Å². The molecule has 106 valence electrons. The molecule has 3 N–H and O–H groups in total. The van der Waals surface area contributed by atoms with Crippen molar-refractivity contribution in [2.24, 2.45) is 0 Å². The first kappa shape index (κ1) is 13.3. The van der Waals surface area contributed by atoms with Crippen molar-refractivity contribution in [1.29, 1.82) is 0 Å². The standard InChI is InChI=1S/C14H12N4O2S/c1-8-12(20-7-16-8)13(19)18-14-17-11(6-21-14)9-2-4-10(15)5-3-9/h2-7H,15H2,1H3,(H,17,18,19). The van der Waals surface area contributed by atoms with E-state index in [0.29, 0.717) is 16.5 Å². The summed E-state index contributed by atoms with van der Waals surface area (Å²) >= 11 is 1.34. The maximum atomic E-state index is 12.0. The van der Waals surface area contributed by atoms with Gasteiger partial charge in [-0.3, -0.25) is 10.1 Å². The third-order valence-corrected chi connectivity index (χ3v) is 3.64. The van der Waals surface area contributed by atoms with Crippen LogP contribution in [0.5, 0.6) is 0 Å². The van der Waals surface area contributed by atoms with Crippen LogP contribution in [0.2, 0.25) is 0 Å². The first-order valence-corrected chi connectivity index (χ1v) is 7.04. The number of benzene rings is 1. The van der Waals surface area contributed by atoms with Gasteiger partial charge in [0.1, 0.15) is 0 Å². The number of aryl methyl sites for hydroxylation is 1. The summed E-state index contributed by atoms with van der Waals surface area (Å²) in [6.45, 7) is 1.71. The van der Waals surface area contributed by atoms with Gasteiger partial charge in [-0.2, -0.15) is 0 Å². The number of thiazole rings is 1. The van der Waals surface area contributed by atoms with Crippen LogP contribution in [-0.4, -0.2) is 15.9 Å². The highest BCUT2D eigenvalue weighted by molar-refractivity contribution is 7.14. The minimum atomic E-state index is -0.358. The highest BCUT2D eigenvalue weighted by atomic mass is 32.1. The van der Waals surface area contributed by atoms with Gasteiger partial charge in [-0.05, 0) is 19.1 Å². The lowest BCUT2D eigenvalue weighted by Crippen LogP contribution is -2.12. The normalized spacial score (nSPS) is 10.5. The number of aromatic nitrogens is 2. The molecule has 0 aliphatic rings. The molecule has 0 bridgehead atoms. The molecule has 3 aromatic rings. The summed E-state index contributed by atoms with van der Waals surface area (Å²) in [5.74, 6) is -0.164. The van der Waals surface area contributed by atoms with Gasteiger partial charge in [0.05, 0.1) is 11.4 Å². The second-order valence-corrected chi connectivity index (χ2v) is 5.24. The van der Waals surface area contributed by atoms with Crippen LogP contribution in [0.1, 0.15) is 16.2 Å². The summed E-state index contributed by atoms with van der Waals surface area (Å²) in [6.07, 6.45) is 1.24. The molecule has 0 aliphatic carbocycles. The lowest BCUT2D eigenvalue weighted by atomic mass is 10.1. The van der Waals surface area contributed by atoms with E-state index in [0.717, 1.165) is 11.3 Å². The number of carbonyl (C=O) groups is 1. The monoisotopic (exact) mass is 300 g/mol. The minimum Gasteiger partial charge on any atom is -0.438 e. The Balaban J connectivity index is 1.78. The van der Waals surface area contributed by atoms with E-state index in [9.17, 15) is 4.79 Å². The van der Waals surface area contributed by atoms with Crippen molar-refractivity contribution in [3.63, 3.8) is 0 Å². The number of nitrogens with two attached hydrogens (primary N) is 1. The van der Waals surface area contributed by atoms with Crippen molar-refractivity contribution >= 4 is 28.1 Å². The number of hydrogen-bond donors (Lipinski definition) is 2. The molecule has 2 aromatic heterocycles. The molecule has 0 spiro atoms. The fourth-order valence-electron chi connectivity index (χ4n) is 1.79. The first-order valence-electron chi connectivity index (χ1n) is 6.16. The Hall–Kier alpha value is -2.67. The molecule has 0 saturated carbocycles. The SMILES string of the molecule is Cc1ncoc1C(=O)Nc1nc(-c2ccc(N)cc2)cs1. The predicted octanol–water partition coefficient (Wildman–Crippen LogP) is 2.94. The number of carbonyl (C=O) groups excluding carboxylic acids is 1. The van der Waals surface area contributed by atoms with Crippen LogP contribution in [0, 0.1) is 6.92 Å². The topological polar surface area (TPSA) is 94.0 Å². The van der Waals surface area contributed by atoms with E-state index in [4.69, 9.17) is 10.2 Å². The van der Waals surface area contributed by atoms with Crippen LogP contribution in [-0.2, 0) is 0 Å². The van der Waals surface area contributed by atoms with Crippen molar-refractivity contribution in [2.75, 3.05) is 11.1 Å². The number of hydrogen-bond acceptors (Lipinski definition) is 6. The molecule has 0 aliphatic heterocycles. The van der Waals surface area contributed by atoms with Crippen molar-refractivity contribution in [3.8, 4) is 11.3 Å². The molecule has 0 radical (unpaired) electrons. The van der Waals surface area contributed by atoms with Gasteiger partial charge in [-0.1, -0.05) is 12.1 Å². The highest BCUT2D eigenvalue weighted by Gasteiger charge is 2.15. The summed E-state index contributed by atoms with van der Waals surface area (Å²) in [5.41, 5.74) is 8.62. The maximum absolute atomic E-state index is 12.0. The fourth-order valence-corrected chi connectivity index (χ4v) is 2.51. The molecule has 2 heterocycles. The van der Waals surface area contributed by atoms with Gasteiger partial charge in [0.2, 0.25) is 5.76 Å². The molecule has 3 rings (SSSR count). The van der Waals surface area contributed by atoms with Gasteiger partial charge in [0, 0.05) is 16.6 Å². The van der Waals surface area contributed by atoms with Crippen LogP contribution in [0.4, 0.5) is 10.8 Å². The molecule has 0 saturated heterocycles. The van der Waals surface area contributed by atoms with Gasteiger partial charge in [0.15, 0.2) is 11.5 Å². The summed E-state index contributed by atoms with van der Waals surface area (Å²) in [7, 11) is 0. The van der Waals surface area contributed by atoms with Gasteiger partial charge in [0.25, 0.3) is 5.91 Å². The number of nitrogens with one attached hydrogen (secondary N) is 1. The molecule has 1 aromatic carbocycles. The molecule has 0 unspecified atom stereocenters. The maximum Gasteiger partial charge on any atom is 0.295 e. The average Bonchev–Trinajstić information content (AvgIpc) is 3.09. The Morgan fingerprint density at radius 3 is 2.76 bits per heavy atom. The van der Waals surface area contributed by atoms with Gasteiger partial charge >= 0.3 is 0 Å². The molecular formula is C14H12N4O2S. The lowest BCUT2D eigenvalue weighted by molar-refractivity contribution is 0.0996. The van der Waals surface area contributed by atoms with Gasteiger partial charge in [-0.25, -0.2) is 9.97 Å². The van der Waals surface area contributed by atoms with Crippen LogP contribution < -0.4 is 11.1 Å². The third kappa shape index (κ3) is 2.77. The number of amides is 1. The van der Waals surface area contributed by atoms with E-state index in [-0.39, 0.29) is 11.7 Å². The van der Waals surface area contributed by atoms with Crippen LogP contribution in [0.25, 0.3) is 11.3 Å². The predicted molar refractivity (Wildman–Crippen MR) is 81.2 cm³/mol. The Morgan fingerprint density at radius 2 is 2.10 bits per heavy atom. The van der Waals surface area contributed by atoms with E-state index < -0.39 is 0 Å². The van der Waals surface area contributed by atoms with E-state index in [1.165, 1.54) is 17.7 Å². The summed E-state index contributed by atoms with van der Waals surface area (Å²) in [6, 6.07) is 7.39. The molecule has 1 amide bonds. The van der Waals surface area contributed by atoms with E-state index in [2.05, 4.69) is 15.3 Å². The smallest absolute Gasteiger partial charge is 0.295 e.